The number of anilines is 1. The number of sulfonamides is 1. The highest BCUT2D eigenvalue weighted by Gasteiger charge is 2.28. The molecule has 0 saturated carbocycles. The van der Waals surface area contributed by atoms with Gasteiger partial charge in [-0.05, 0) is 52.5 Å². The van der Waals surface area contributed by atoms with E-state index in [-0.39, 0.29) is 11.8 Å². The van der Waals surface area contributed by atoms with E-state index in [0.29, 0.717) is 41.6 Å². The molecule has 0 aliphatic carbocycles. The molecule has 0 amide bonds. The second kappa shape index (κ2) is 10.1. The van der Waals surface area contributed by atoms with E-state index >= 15 is 0 Å². The summed E-state index contributed by atoms with van der Waals surface area (Å²) in [4.78, 5) is 4.74. The summed E-state index contributed by atoms with van der Waals surface area (Å²) < 4.78 is 30.0. The van der Waals surface area contributed by atoms with Crippen molar-refractivity contribution in [2.45, 2.75) is 24.6 Å². The largest absolute Gasteiger partial charge is 0.367 e. The Hall–Kier alpha value is -2.17. The molecule has 0 radical (unpaired) electrons. The molecule has 0 bridgehead atoms. The van der Waals surface area contributed by atoms with Gasteiger partial charge >= 0.3 is 0 Å². The Bertz CT molecular complexity index is 1470. The summed E-state index contributed by atoms with van der Waals surface area (Å²) in [5.41, 5.74) is 2.96. The van der Waals surface area contributed by atoms with Crippen LogP contribution in [-0.2, 0) is 15.8 Å². The van der Waals surface area contributed by atoms with Crippen LogP contribution >= 0.6 is 39.1 Å². The Kier molecular flexibility index (Phi) is 7.05. The molecule has 182 valence electrons. The van der Waals surface area contributed by atoms with E-state index in [2.05, 4.69) is 26.3 Å². The van der Waals surface area contributed by atoms with Crippen molar-refractivity contribution in [3.8, 4) is 11.3 Å². The first kappa shape index (κ1) is 24.5. The first-order valence-corrected chi connectivity index (χ1v) is 14.2. The number of hydrogen-bond donors (Lipinski definition) is 1. The molecule has 0 spiro atoms. The number of halogens is 3. The lowest BCUT2D eigenvalue weighted by Crippen LogP contribution is -2.43. The van der Waals surface area contributed by atoms with Gasteiger partial charge in [0.15, 0.2) is 5.65 Å². The Labute approximate surface area is 222 Å². The smallest absolute Gasteiger partial charge is 0.218 e. The van der Waals surface area contributed by atoms with Gasteiger partial charge in [-0.15, -0.1) is 0 Å². The molecule has 5 rings (SSSR count). The molecule has 0 unspecified atom stereocenters. The molecule has 2 aromatic carbocycles. The van der Waals surface area contributed by atoms with Crippen LogP contribution < -0.4 is 5.32 Å². The number of nitrogens with zero attached hydrogens (tertiary/aromatic N) is 4. The van der Waals surface area contributed by atoms with E-state index in [1.807, 2.05) is 30.3 Å². The van der Waals surface area contributed by atoms with Gasteiger partial charge in [0.25, 0.3) is 0 Å². The summed E-state index contributed by atoms with van der Waals surface area (Å²) in [5, 5.41) is 9.20. The molecule has 1 N–H and O–H groups in total. The second-order valence-electron chi connectivity index (χ2n) is 8.43. The van der Waals surface area contributed by atoms with Gasteiger partial charge in [0.05, 0.1) is 22.1 Å². The van der Waals surface area contributed by atoms with Crippen LogP contribution in [0.1, 0.15) is 18.4 Å². The van der Waals surface area contributed by atoms with E-state index < -0.39 is 10.0 Å². The lowest BCUT2D eigenvalue weighted by atomic mass is 10.1. The third-order valence-corrected chi connectivity index (χ3v) is 9.03. The third-order valence-electron chi connectivity index (χ3n) is 6.04. The zero-order chi connectivity index (χ0) is 24.6. The first-order chi connectivity index (χ1) is 16.8. The molecule has 0 atom stereocenters. The molecule has 1 fully saturated rings. The van der Waals surface area contributed by atoms with E-state index in [9.17, 15) is 8.42 Å². The molecule has 3 heterocycles. The van der Waals surface area contributed by atoms with Gasteiger partial charge in [0, 0.05) is 40.8 Å². The van der Waals surface area contributed by atoms with Crippen LogP contribution in [0.2, 0.25) is 10.0 Å². The number of benzene rings is 2. The van der Waals surface area contributed by atoms with Crippen LogP contribution in [-0.4, -0.2) is 46.5 Å². The van der Waals surface area contributed by atoms with Crippen LogP contribution in [0.5, 0.6) is 0 Å². The third kappa shape index (κ3) is 5.34. The van der Waals surface area contributed by atoms with Crippen molar-refractivity contribution in [2.24, 2.45) is 0 Å². The maximum atomic E-state index is 12.9. The summed E-state index contributed by atoms with van der Waals surface area (Å²) in [5.74, 6) is 0.744. The maximum Gasteiger partial charge on any atom is 0.218 e. The van der Waals surface area contributed by atoms with Crippen LogP contribution in [0.3, 0.4) is 0 Å². The molecule has 35 heavy (non-hydrogen) atoms. The summed E-state index contributed by atoms with van der Waals surface area (Å²) in [6.45, 7) is 0.893. The van der Waals surface area contributed by atoms with Crippen molar-refractivity contribution in [3.63, 3.8) is 0 Å². The molecule has 7 nitrogen and oxygen atoms in total. The van der Waals surface area contributed by atoms with Gasteiger partial charge < -0.3 is 5.32 Å². The van der Waals surface area contributed by atoms with Crippen molar-refractivity contribution in [3.05, 3.63) is 80.9 Å². The van der Waals surface area contributed by atoms with Crippen LogP contribution in [0.15, 0.2) is 65.3 Å². The van der Waals surface area contributed by atoms with E-state index in [4.69, 9.17) is 28.2 Å². The van der Waals surface area contributed by atoms with Gasteiger partial charge in [0.2, 0.25) is 10.0 Å². The fourth-order valence-corrected chi connectivity index (χ4v) is 6.49. The second-order valence-corrected chi connectivity index (χ2v) is 12.1. The molecule has 11 heteroatoms. The fraction of sp³-hybridized carbons (Fsp3) is 0.250. The number of fused-ring (bicyclic) bond motifs is 1. The van der Waals surface area contributed by atoms with Crippen molar-refractivity contribution in [1.82, 2.24) is 18.9 Å². The maximum absolute atomic E-state index is 12.9. The van der Waals surface area contributed by atoms with Crippen LogP contribution in [0.4, 0.5) is 5.82 Å². The SMILES string of the molecule is O=S(=O)(Cc1ccc(Cl)cc1)N1CCC(Nc2cc(-c3ccccc3Cl)nc3c(Br)cnn23)CC1. The van der Waals surface area contributed by atoms with Gasteiger partial charge in [-0.25, -0.2) is 17.7 Å². The van der Waals surface area contributed by atoms with Crippen molar-refractivity contribution >= 4 is 60.6 Å². The number of piperidine rings is 1. The van der Waals surface area contributed by atoms with Gasteiger partial charge in [0.1, 0.15) is 5.82 Å². The Morgan fingerprint density at radius 1 is 1.06 bits per heavy atom. The molecular weight excluding hydrogens is 573 g/mol. The highest BCUT2D eigenvalue weighted by Crippen LogP contribution is 2.31. The van der Waals surface area contributed by atoms with Crippen molar-refractivity contribution in [1.29, 1.82) is 0 Å². The van der Waals surface area contributed by atoms with E-state index in [0.717, 1.165) is 27.1 Å². The minimum atomic E-state index is -3.41. The van der Waals surface area contributed by atoms with Crippen LogP contribution in [0.25, 0.3) is 16.9 Å². The van der Waals surface area contributed by atoms with Crippen molar-refractivity contribution in [2.75, 3.05) is 18.4 Å². The Balaban J connectivity index is 1.32. The topological polar surface area (TPSA) is 79.6 Å². The molecular formula is C24H22BrCl2N5O2S. The highest BCUT2D eigenvalue weighted by atomic mass is 79.9. The van der Waals surface area contributed by atoms with Crippen LogP contribution in [0, 0.1) is 0 Å². The molecule has 1 aliphatic rings. The normalized spacial score (nSPS) is 15.5. The van der Waals surface area contributed by atoms with E-state index in [1.54, 1.807) is 39.3 Å². The Morgan fingerprint density at radius 3 is 2.49 bits per heavy atom. The minimum Gasteiger partial charge on any atom is -0.367 e. The average Bonchev–Trinajstić information content (AvgIpc) is 3.22. The molecule has 1 aliphatic heterocycles. The summed E-state index contributed by atoms with van der Waals surface area (Å²) >= 11 is 15.9. The first-order valence-electron chi connectivity index (χ1n) is 11.1. The lowest BCUT2D eigenvalue weighted by Gasteiger charge is -2.32. The fourth-order valence-electron chi connectivity index (χ4n) is 4.22. The molecule has 1 saturated heterocycles. The summed E-state index contributed by atoms with van der Waals surface area (Å²) in [6.07, 6.45) is 3.05. The molecule has 4 aromatic rings. The molecule has 2 aromatic heterocycles. The summed E-state index contributed by atoms with van der Waals surface area (Å²) in [6, 6.07) is 16.5. The standard InChI is InChI=1S/C24H22BrCl2N5O2S/c25-20-14-28-32-23(13-22(30-24(20)32)19-3-1-2-4-21(19)27)29-18-9-11-31(12-10-18)35(33,34)15-16-5-7-17(26)8-6-16/h1-8,13-14,18,29H,9-12,15H2. The quantitative estimate of drug-likeness (QED) is 0.302. The van der Waals surface area contributed by atoms with Crippen molar-refractivity contribution < 1.29 is 8.42 Å². The Morgan fingerprint density at radius 2 is 1.77 bits per heavy atom. The number of aromatic nitrogens is 3. The number of hydrogen-bond acceptors (Lipinski definition) is 5. The number of rotatable bonds is 6. The zero-order valence-electron chi connectivity index (χ0n) is 18.5. The van der Waals surface area contributed by atoms with Gasteiger partial charge in [-0.3, -0.25) is 0 Å². The van der Waals surface area contributed by atoms with Gasteiger partial charge in [-0.2, -0.15) is 9.61 Å². The summed E-state index contributed by atoms with van der Waals surface area (Å²) in [7, 11) is -3.41. The zero-order valence-corrected chi connectivity index (χ0v) is 22.4. The number of nitrogens with one attached hydrogen (secondary N) is 1. The van der Waals surface area contributed by atoms with E-state index in [1.165, 1.54) is 0 Å². The predicted molar refractivity (Wildman–Crippen MR) is 143 cm³/mol. The lowest BCUT2D eigenvalue weighted by molar-refractivity contribution is 0.329. The predicted octanol–water partition coefficient (Wildman–Crippen LogP) is 5.87. The highest BCUT2D eigenvalue weighted by molar-refractivity contribution is 9.10. The average molecular weight is 595 g/mol. The monoisotopic (exact) mass is 593 g/mol. The van der Waals surface area contributed by atoms with Gasteiger partial charge in [-0.1, -0.05) is 53.5 Å². The minimum absolute atomic E-state index is 0.0320.